The van der Waals surface area contributed by atoms with Crippen LogP contribution < -0.4 is 0 Å². The highest BCUT2D eigenvalue weighted by atomic mass is 16.5. The quantitative estimate of drug-likeness (QED) is 0.854. The van der Waals surface area contributed by atoms with E-state index in [2.05, 4.69) is 5.10 Å². The molecule has 1 N–H and O–H groups in total. The average Bonchev–Trinajstić information content (AvgIpc) is 3.09. The van der Waals surface area contributed by atoms with Crippen molar-refractivity contribution in [3.05, 3.63) is 30.5 Å². The summed E-state index contributed by atoms with van der Waals surface area (Å²) in [5.41, 5.74) is 0.100. The molecule has 3 aliphatic rings. The van der Waals surface area contributed by atoms with Gasteiger partial charge in [-0.15, -0.1) is 0 Å². The van der Waals surface area contributed by atoms with E-state index in [1.165, 1.54) is 0 Å². The third kappa shape index (κ3) is 2.85. The van der Waals surface area contributed by atoms with Crippen LogP contribution in [0.4, 0.5) is 0 Å². The largest absolute Gasteiger partial charge is 0.389 e. The number of likely N-dealkylation sites (tertiary alicyclic amines) is 1. The normalized spacial score (nSPS) is 33.5. The maximum atomic E-state index is 13.2. The Morgan fingerprint density at radius 3 is 3.00 bits per heavy atom. The smallest absolute Gasteiger partial charge is 0.244 e. The highest BCUT2D eigenvalue weighted by Crippen LogP contribution is 2.44. The number of aromatic nitrogens is 2. The molecule has 2 aromatic rings. The predicted molar refractivity (Wildman–Crippen MR) is 98.0 cm³/mol. The van der Waals surface area contributed by atoms with Gasteiger partial charge in [-0.3, -0.25) is 9.48 Å². The monoisotopic (exact) mass is 371 g/mol. The molecule has 1 aromatic carbocycles. The summed E-state index contributed by atoms with van der Waals surface area (Å²) in [6, 6.07) is 7.89. The van der Waals surface area contributed by atoms with E-state index in [9.17, 15) is 9.90 Å². The molecular formula is C20H25N3O4. The van der Waals surface area contributed by atoms with Gasteiger partial charge in [0.2, 0.25) is 5.91 Å². The maximum absolute atomic E-state index is 13.2. The fraction of sp³-hybridized carbons (Fsp3) is 0.600. The molecule has 0 aliphatic carbocycles. The highest BCUT2D eigenvalue weighted by Gasteiger charge is 2.56. The summed E-state index contributed by atoms with van der Waals surface area (Å²) < 4.78 is 13.0. The molecule has 0 spiro atoms. The first kappa shape index (κ1) is 17.2. The predicted octanol–water partition coefficient (Wildman–Crippen LogP) is 1.05. The summed E-state index contributed by atoms with van der Waals surface area (Å²) in [5.74, 6) is -0.0586. The molecular weight excluding hydrogens is 346 g/mol. The number of hydrogen-bond acceptors (Lipinski definition) is 5. The Morgan fingerprint density at radius 1 is 1.26 bits per heavy atom. The zero-order chi connectivity index (χ0) is 18.4. The lowest BCUT2D eigenvalue weighted by molar-refractivity contribution is -0.219. The van der Waals surface area contributed by atoms with E-state index < -0.39 is 5.60 Å². The van der Waals surface area contributed by atoms with E-state index in [0.29, 0.717) is 39.4 Å². The van der Waals surface area contributed by atoms with Gasteiger partial charge >= 0.3 is 0 Å². The van der Waals surface area contributed by atoms with Crippen molar-refractivity contribution in [2.24, 2.45) is 11.8 Å². The number of rotatable bonds is 2. The number of amides is 1. The van der Waals surface area contributed by atoms with Gasteiger partial charge in [0.1, 0.15) is 6.54 Å². The number of fused-ring (bicyclic) bond motifs is 4. The van der Waals surface area contributed by atoms with Gasteiger partial charge in [0, 0.05) is 55.6 Å². The van der Waals surface area contributed by atoms with E-state index in [-0.39, 0.29) is 30.3 Å². The molecule has 0 unspecified atom stereocenters. The van der Waals surface area contributed by atoms with Gasteiger partial charge in [0.25, 0.3) is 0 Å². The Balaban J connectivity index is 1.40. The van der Waals surface area contributed by atoms with E-state index in [4.69, 9.17) is 9.47 Å². The van der Waals surface area contributed by atoms with Crippen molar-refractivity contribution >= 4 is 16.8 Å². The molecule has 7 nitrogen and oxygen atoms in total. The minimum atomic E-state index is -0.791. The number of carbonyl (C=O) groups excluding carboxylic acids is 1. The molecule has 144 valence electrons. The Labute approximate surface area is 157 Å². The Hall–Kier alpha value is -1.96. The zero-order valence-corrected chi connectivity index (χ0v) is 15.3. The van der Waals surface area contributed by atoms with Crippen molar-refractivity contribution in [1.82, 2.24) is 14.7 Å². The van der Waals surface area contributed by atoms with Gasteiger partial charge in [-0.1, -0.05) is 18.2 Å². The Morgan fingerprint density at radius 2 is 2.11 bits per heavy atom. The number of ether oxygens (including phenoxy) is 2. The second kappa shape index (κ2) is 6.58. The average molecular weight is 371 g/mol. The van der Waals surface area contributed by atoms with Gasteiger partial charge in [-0.05, 0) is 12.5 Å². The Bertz CT molecular complexity index is 820. The molecule has 3 aliphatic heterocycles. The van der Waals surface area contributed by atoms with Crippen molar-refractivity contribution in [3.63, 3.8) is 0 Å². The van der Waals surface area contributed by atoms with Crippen molar-refractivity contribution in [2.45, 2.75) is 31.0 Å². The van der Waals surface area contributed by atoms with Crippen LogP contribution in [-0.4, -0.2) is 70.3 Å². The second-order valence-electron chi connectivity index (χ2n) is 7.98. The van der Waals surface area contributed by atoms with E-state index in [1.54, 1.807) is 4.68 Å². The van der Waals surface area contributed by atoms with Crippen LogP contribution in [0, 0.1) is 11.8 Å². The molecule has 4 heterocycles. The third-order valence-electron chi connectivity index (χ3n) is 6.53. The van der Waals surface area contributed by atoms with E-state index in [0.717, 1.165) is 17.3 Å². The van der Waals surface area contributed by atoms with Crippen molar-refractivity contribution in [3.8, 4) is 0 Å². The van der Waals surface area contributed by atoms with Crippen LogP contribution >= 0.6 is 0 Å². The summed E-state index contributed by atoms with van der Waals surface area (Å²) in [6.07, 6.45) is 3.31. The van der Waals surface area contributed by atoms with Crippen LogP contribution in [0.5, 0.6) is 0 Å². The molecule has 0 radical (unpaired) electrons. The first-order valence-electron chi connectivity index (χ1n) is 9.75. The zero-order valence-electron chi connectivity index (χ0n) is 15.3. The molecule has 4 atom stereocenters. The lowest BCUT2D eigenvalue weighted by Gasteiger charge is -2.57. The molecule has 27 heavy (non-hydrogen) atoms. The molecule has 1 amide bonds. The molecule has 0 saturated carbocycles. The first-order valence-corrected chi connectivity index (χ1v) is 9.75. The fourth-order valence-corrected chi connectivity index (χ4v) is 5.07. The SMILES string of the molecule is O=C(Cn1cc2ccccc2n1)N1C[C@H]2COCC[C@@]2(O)[C@@H]2COCC[C@@H]21. The van der Waals surface area contributed by atoms with Crippen LogP contribution in [0.25, 0.3) is 10.9 Å². The molecule has 7 heteroatoms. The number of hydrogen-bond donors (Lipinski definition) is 1. The summed E-state index contributed by atoms with van der Waals surface area (Å²) >= 11 is 0. The maximum Gasteiger partial charge on any atom is 0.244 e. The van der Waals surface area contributed by atoms with Gasteiger partial charge in [-0.25, -0.2) is 0 Å². The van der Waals surface area contributed by atoms with Crippen molar-refractivity contribution in [1.29, 1.82) is 0 Å². The Kier molecular flexibility index (Phi) is 4.18. The molecule has 3 saturated heterocycles. The number of nitrogens with zero attached hydrogens (tertiary/aromatic N) is 3. The van der Waals surface area contributed by atoms with Crippen LogP contribution in [0.15, 0.2) is 30.5 Å². The molecule has 1 aromatic heterocycles. The highest BCUT2D eigenvalue weighted by molar-refractivity contribution is 5.80. The number of aliphatic hydroxyl groups is 1. The van der Waals surface area contributed by atoms with Crippen molar-refractivity contribution in [2.75, 3.05) is 33.0 Å². The lowest BCUT2D eigenvalue weighted by Crippen LogP contribution is -2.69. The minimum Gasteiger partial charge on any atom is -0.389 e. The summed E-state index contributed by atoms with van der Waals surface area (Å²) in [7, 11) is 0. The summed E-state index contributed by atoms with van der Waals surface area (Å²) in [4.78, 5) is 15.1. The van der Waals surface area contributed by atoms with Crippen LogP contribution in [-0.2, 0) is 20.8 Å². The number of piperidine rings is 1. The van der Waals surface area contributed by atoms with Gasteiger partial charge in [0.15, 0.2) is 0 Å². The molecule has 5 rings (SSSR count). The first-order chi connectivity index (χ1) is 13.1. The lowest BCUT2D eigenvalue weighted by atomic mass is 9.66. The van der Waals surface area contributed by atoms with Crippen LogP contribution in [0.2, 0.25) is 0 Å². The van der Waals surface area contributed by atoms with Crippen LogP contribution in [0.3, 0.4) is 0 Å². The fourth-order valence-electron chi connectivity index (χ4n) is 5.07. The van der Waals surface area contributed by atoms with E-state index in [1.807, 2.05) is 35.4 Å². The van der Waals surface area contributed by atoms with Gasteiger partial charge in [0.05, 0.1) is 24.3 Å². The second-order valence-corrected chi connectivity index (χ2v) is 7.98. The van der Waals surface area contributed by atoms with Crippen molar-refractivity contribution < 1.29 is 19.4 Å². The van der Waals surface area contributed by atoms with Gasteiger partial charge in [-0.2, -0.15) is 5.10 Å². The van der Waals surface area contributed by atoms with E-state index >= 15 is 0 Å². The molecule has 0 bridgehead atoms. The third-order valence-corrected chi connectivity index (χ3v) is 6.53. The van der Waals surface area contributed by atoms with Crippen LogP contribution in [0.1, 0.15) is 12.8 Å². The van der Waals surface area contributed by atoms with Gasteiger partial charge < -0.3 is 19.5 Å². The standard InChI is InChI=1S/C20H25N3O4/c24-19(11-22-9-14-3-1-2-4-17(14)21-22)23-10-15-12-27-8-6-20(15,25)16-13-26-7-5-18(16)23/h1-4,9,15-16,18,25H,5-8,10-13H2/t15-,16+,18-,20-/m0/s1. The topological polar surface area (TPSA) is 76.8 Å². The molecule has 3 fully saturated rings. The minimum absolute atomic E-state index is 0.0237. The number of carbonyl (C=O) groups is 1. The summed E-state index contributed by atoms with van der Waals surface area (Å²) in [6.45, 7) is 2.96. The summed E-state index contributed by atoms with van der Waals surface area (Å²) in [5, 5.41) is 16.9. The number of benzene rings is 1.